The number of carbonyl (C=O) groups excluding carboxylic acids is 1. The Balaban J connectivity index is 2.06. The number of nitrogens with two attached hydrogens (primary N) is 1. The molecule has 0 bridgehead atoms. The van der Waals surface area contributed by atoms with Crippen LogP contribution in [0.25, 0.3) is 10.8 Å². The number of sulfonamides is 1. The van der Waals surface area contributed by atoms with Gasteiger partial charge in [-0.25, -0.2) is 8.42 Å². The molecule has 2 N–H and O–H groups in total. The Morgan fingerprint density at radius 1 is 1.33 bits per heavy atom. The van der Waals surface area contributed by atoms with Crippen LogP contribution in [0.2, 0.25) is 0 Å². The third-order valence-electron chi connectivity index (χ3n) is 4.57. The molecule has 3 rings (SSSR count). The molecule has 1 fully saturated rings. The summed E-state index contributed by atoms with van der Waals surface area (Å²) in [6.45, 7) is 5.44. The summed E-state index contributed by atoms with van der Waals surface area (Å²) in [4.78, 5) is 24.6. The summed E-state index contributed by atoms with van der Waals surface area (Å²) in [5.41, 5.74) is 5.90. The zero-order chi connectivity index (χ0) is 19.9. The predicted octanol–water partition coefficient (Wildman–Crippen LogP) is 0.798. The largest absolute Gasteiger partial charge is 0.444 e. The number of ether oxygens (including phenoxy) is 1. The quantitative estimate of drug-likeness (QED) is 0.752. The Morgan fingerprint density at radius 2 is 2.00 bits per heavy atom. The Hall–Kier alpha value is -2.23. The van der Waals surface area contributed by atoms with Gasteiger partial charge >= 0.3 is 5.97 Å². The summed E-state index contributed by atoms with van der Waals surface area (Å²) in [6, 6.07) is 4.45. The van der Waals surface area contributed by atoms with Gasteiger partial charge in [-0.15, -0.1) is 0 Å². The molecule has 0 amide bonds. The highest BCUT2D eigenvalue weighted by atomic mass is 32.2. The minimum absolute atomic E-state index is 0.0906. The van der Waals surface area contributed by atoms with Crippen molar-refractivity contribution in [3.8, 4) is 0 Å². The third kappa shape index (κ3) is 3.50. The molecule has 0 aliphatic carbocycles. The average Bonchev–Trinajstić information content (AvgIpc) is 2.59. The van der Waals surface area contributed by atoms with Crippen molar-refractivity contribution < 1.29 is 17.9 Å². The van der Waals surface area contributed by atoms with Crippen molar-refractivity contribution >= 4 is 26.8 Å². The van der Waals surface area contributed by atoms with Crippen molar-refractivity contribution in [2.75, 3.05) is 13.1 Å². The number of hydrogen-bond acceptors (Lipinski definition) is 6. The zero-order valence-corrected chi connectivity index (χ0v) is 16.3. The molecule has 1 saturated heterocycles. The monoisotopic (exact) mass is 393 g/mol. The Labute approximate surface area is 157 Å². The molecule has 27 heavy (non-hydrogen) atoms. The first kappa shape index (κ1) is 19.5. The van der Waals surface area contributed by atoms with Gasteiger partial charge in [0.1, 0.15) is 0 Å². The fourth-order valence-electron chi connectivity index (χ4n) is 3.04. The number of esters is 1. The van der Waals surface area contributed by atoms with Crippen LogP contribution < -0.4 is 11.3 Å². The maximum atomic E-state index is 12.9. The van der Waals surface area contributed by atoms with Crippen LogP contribution in [0.5, 0.6) is 0 Å². The van der Waals surface area contributed by atoms with Crippen LogP contribution >= 0.6 is 0 Å². The zero-order valence-electron chi connectivity index (χ0n) is 15.5. The van der Waals surface area contributed by atoms with Crippen molar-refractivity contribution in [3.63, 3.8) is 0 Å². The fourth-order valence-corrected chi connectivity index (χ4v) is 4.88. The molecular weight excluding hydrogens is 370 g/mol. The van der Waals surface area contributed by atoms with Crippen molar-refractivity contribution in [3.05, 3.63) is 40.3 Å². The van der Waals surface area contributed by atoms with Crippen molar-refractivity contribution in [2.24, 2.45) is 11.7 Å². The summed E-state index contributed by atoms with van der Waals surface area (Å²) >= 11 is 0. The van der Waals surface area contributed by atoms with Gasteiger partial charge in [0, 0.05) is 36.1 Å². The van der Waals surface area contributed by atoms with Crippen molar-refractivity contribution in [2.45, 2.75) is 38.4 Å². The second kappa shape index (κ2) is 7.06. The molecule has 0 radical (unpaired) electrons. The van der Waals surface area contributed by atoms with E-state index in [2.05, 4.69) is 0 Å². The van der Waals surface area contributed by atoms with Gasteiger partial charge in [-0.3, -0.25) is 14.2 Å². The van der Waals surface area contributed by atoms with Crippen LogP contribution in [0.3, 0.4) is 0 Å². The summed E-state index contributed by atoms with van der Waals surface area (Å²) in [5.74, 6) is -0.716. The van der Waals surface area contributed by atoms with E-state index in [0.717, 1.165) is 0 Å². The second-order valence-corrected chi connectivity index (χ2v) is 9.00. The molecule has 9 heteroatoms. The number of hydrogen-bond donors (Lipinski definition) is 1. The van der Waals surface area contributed by atoms with Crippen LogP contribution in [0, 0.1) is 12.8 Å². The summed E-state index contributed by atoms with van der Waals surface area (Å²) < 4.78 is 33.5. The van der Waals surface area contributed by atoms with E-state index in [1.54, 1.807) is 32.9 Å². The van der Waals surface area contributed by atoms with E-state index in [4.69, 9.17) is 10.5 Å². The van der Waals surface area contributed by atoms with Crippen LogP contribution in [-0.2, 0) is 26.3 Å². The van der Waals surface area contributed by atoms with Crippen LogP contribution in [0.1, 0.15) is 19.4 Å². The molecule has 1 aromatic carbocycles. The number of nitrogens with zero attached hydrogens (tertiary/aromatic N) is 2. The molecule has 1 aliphatic rings. The minimum Gasteiger partial charge on any atom is -0.444 e. The summed E-state index contributed by atoms with van der Waals surface area (Å²) in [6.07, 6.45) is 1.51. The molecule has 0 unspecified atom stereocenters. The Morgan fingerprint density at radius 3 is 2.59 bits per heavy atom. The van der Waals surface area contributed by atoms with Gasteiger partial charge < -0.3 is 10.5 Å². The molecule has 146 valence electrons. The highest BCUT2D eigenvalue weighted by Crippen LogP contribution is 2.28. The minimum atomic E-state index is -3.73. The van der Waals surface area contributed by atoms with E-state index >= 15 is 0 Å². The van der Waals surface area contributed by atoms with Gasteiger partial charge in [-0.1, -0.05) is 19.9 Å². The number of aromatic nitrogens is 1. The first-order chi connectivity index (χ1) is 12.6. The van der Waals surface area contributed by atoms with E-state index < -0.39 is 21.6 Å². The molecule has 8 nitrogen and oxygen atoms in total. The molecule has 1 aromatic heterocycles. The molecule has 2 aromatic rings. The standard InChI is InChI=1S/C18H23N3O5S/c1-11(2)18(23)26-10-20-7-12(3)16-14(17(20)22)5-4-6-15(16)27(24,25)21-8-13(19)9-21/h4-7,11,13H,8-10,19H2,1-3H3. The number of fused-ring (bicyclic) bond motifs is 1. The molecule has 2 heterocycles. The lowest BCUT2D eigenvalue weighted by Crippen LogP contribution is -2.57. The first-order valence-electron chi connectivity index (χ1n) is 8.68. The number of rotatable bonds is 5. The van der Waals surface area contributed by atoms with Gasteiger partial charge in [-0.05, 0) is 24.6 Å². The van der Waals surface area contributed by atoms with Gasteiger partial charge in [0.05, 0.1) is 10.8 Å². The Kier molecular flexibility index (Phi) is 5.11. The van der Waals surface area contributed by atoms with E-state index in [0.29, 0.717) is 10.9 Å². The normalized spacial score (nSPS) is 15.9. The fraction of sp³-hybridized carbons (Fsp3) is 0.444. The van der Waals surface area contributed by atoms with Gasteiger partial charge in [-0.2, -0.15) is 4.31 Å². The van der Waals surface area contributed by atoms with E-state index in [1.165, 1.54) is 21.1 Å². The summed E-state index contributed by atoms with van der Waals surface area (Å²) in [5, 5.41) is 0.649. The average molecular weight is 393 g/mol. The topological polar surface area (TPSA) is 112 Å². The van der Waals surface area contributed by atoms with E-state index in [9.17, 15) is 18.0 Å². The van der Waals surface area contributed by atoms with Crippen LogP contribution in [0.4, 0.5) is 0 Å². The van der Waals surface area contributed by atoms with Crippen LogP contribution in [0.15, 0.2) is 34.1 Å². The third-order valence-corrected chi connectivity index (χ3v) is 6.45. The van der Waals surface area contributed by atoms with Gasteiger partial charge in [0.15, 0.2) is 6.73 Å². The van der Waals surface area contributed by atoms with E-state index in [-0.39, 0.29) is 42.1 Å². The molecule has 1 aliphatic heterocycles. The molecule has 0 spiro atoms. The van der Waals surface area contributed by atoms with E-state index in [1.807, 2.05) is 0 Å². The van der Waals surface area contributed by atoms with Gasteiger partial charge in [0.25, 0.3) is 5.56 Å². The predicted molar refractivity (Wildman–Crippen MR) is 101 cm³/mol. The molecular formula is C18H23N3O5S. The smallest absolute Gasteiger partial charge is 0.310 e. The highest BCUT2D eigenvalue weighted by Gasteiger charge is 2.36. The SMILES string of the molecule is Cc1cn(COC(=O)C(C)C)c(=O)c2cccc(S(=O)(=O)N3CC(N)C3)c12. The number of carbonyl (C=O) groups is 1. The first-order valence-corrected chi connectivity index (χ1v) is 10.1. The lowest BCUT2D eigenvalue weighted by molar-refractivity contribution is -0.151. The van der Waals surface area contributed by atoms with Crippen molar-refractivity contribution in [1.82, 2.24) is 8.87 Å². The number of benzene rings is 1. The summed E-state index contributed by atoms with van der Waals surface area (Å²) in [7, 11) is -3.73. The highest BCUT2D eigenvalue weighted by molar-refractivity contribution is 7.89. The Bertz CT molecular complexity index is 1050. The number of aryl methyl sites for hydroxylation is 1. The molecule has 0 atom stereocenters. The second-order valence-electron chi connectivity index (χ2n) is 7.10. The lowest BCUT2D eigenvalue weighted by atomic mass is 10.1. The van der Waals surface area contributed by atoms with Crippen LogP contribution in [-0.4, -0.2) is 42.4 Å². The maximum absolute atomic E-state index is 12.9. The van der Waals surface area contributed by atoms with Crippen molar-refractivity contribution in [1.29, 1.82) is 0 Å². The lowest BCUT2D eigenvalue weighted by Gasteiger charge is -2.35. The number of pyridine rings is 1. The molecule has 0 saturated carbocycles. The van der Waals surface area contributed by atoms with Gasteiger partial charge in [0.2, 0.25) is 10.0 Å². The maximum Gasteiger partial charge on any atom is 0.310 e.